The SMILES string of the molecule is O=C(OCc1ccccc1)C1CN(Cc2ccc(Cl)c(Cl)c2)C(=O)N1C(=O)OCc1ccccc1. The van der Waals surface area contributed by atoms with Gasteiger partial charge in [0.2, 0.25) is 0 Å². The molecule has 1 saturated heterocycles. The summed E-state index contributed by atoms with van der Waals surface area (Å²) in [5, 5.41) is 0.727. The van der Waals surface area contributed by atoms with E-state index in [4.69, 9.17) is 32.7 Å². The normalized spacial score (nSPS) is 15.3. The molecule has 3 aromatic carbocycles. The Labute approximate surface area is 212 Å². The van der Waals surface area contributed by atoms with Crippen molar-refractivity contribution in [3.63, 3.8) is 0 Å². The van der Waals surface area contributed by atoms with Crippen LogP contribution in [0.4, 0.5) is 9.59 Å². The average molecular weight is 513 g/mol. The lowest BCUT2D eigenvalue weighted by Gasteiger charge is -2.20. The molecule has 4 rings (SSSR count). The smallest absolute Gasteiger partial charge is 0.419 e. The van der Waals surface area contributed by atoms with Crippen LogP contribution in [0.1, 0.15) is 16.7 Å². The number of hydrogen-bond acceptors (Lipinski definition) is 5. The summed E-state index contributed by atoms with van der Waals surface area (Å²) >= 11 is 12.1. The Bertz CT molecular complexity index is 1210. The molecular formula is C26H22Cl2N2O5. The Balaban J connectivity index is 1.50. The maximum atomic E-state index is 13.2. The van der Waals surface area contributed by atoms with Gasteiger partial charge in [0.05, 0.1) is 16.6 Å². The predicted octanol–water partition coefficient (Wildman–Crippen LogP) is 5.68. The van der Waals surface area contributed by atoms with Gasteiger partial charge in [-0.2, -0.15) is 0 Å². The van der Waals surface area contributed by atoms with Crippen molar-refractivity contribution >= 4 is 41.3 Å². The quantitative estimate of drug-likeness (QED) is 0.380. The molecule has 0 aliphatic carbocycles. The molecule has 180 valence electrons. The van der Waals surface area contributed by atoms with E-state index in [-0.39, 0.29) is 26.3 Å². The van der Waals surface area contributed by atoms with E-state index in [1.54, 1.807) is 30.3 Å². The largest absolute Gasteiger partial charge is 0.459 e. The monoisotopic (exact) mass is 512 g/mol. The predicted molar refractivity (Wildman–Crippen MR) is 131 cm³/mol. The van der Waals surface area contributed by atoms with Gasteiger partial charge in [-0.1, -0.05) is 89.9 Å². The summed E-state index contributed by atoms with van der Waals surface area (Å²) in [5.74, 6) is -0.699. The van der Waals surface area contributed by atoms with Gasteiger partial charge in [0.1, 0.15) is 13.2 Å². The number of nitrogens with zero attached hydrogens (tertiary/aromatic N) is 2. The number of hydrogen-bond donors (Lipinski definition) is 0. The third-order valence-electron chi connectivity index (χ3n) is 5.44. The first-order valence-corrected chi connectivity index (χ1v) is 11.6. The zero-order valence-electron chi connectivity index (χ0n) is 18.6. The fourth-order valence-corrected chi connectivity index (χ4v) is 3.96. The van der Waals surface area contributed by atoms with Gasteiger partial charge in [0.15, 0.2) is 6.04 Å². The fraction of sp³-hybridized carbons (Fsp3) is 0.192. The standard InChI is InChI=1S/C26H22Cl2N2O5/c27-21-12-11-20(13-22(21)28)14-29-15-23(24(31)34-16-18-7-3-1-4-8-18)30(25(29)32)26(33)35-17-19-9-5-2-6-10-19/h1-13,23H,14-17H2. The maximum Gasteiger partial charge on any atom is 0.419 e. The van der Waals surface area contributed by atoms with E-state index in [0.29, 0.717) is 15.6 Å². The summed E-state index contributed by atoms with van der Waals surface area (Å²) in [6, 6.07) is 21.4. The van der Waals surface area contributed by atoms with E-state index in [1.165, 1.54) is 4.90 Å². The molecule has 1 unspecified atom stereocenters. The van der Waals surface area contributed by atoms with Gasteiger partial charge in [-0.25, -0.2) is 19.3 Å². The van der Waals surface area contributed by atoms with Crippen molar-refractivity contribution in [3.8, 4) is 0 Å². The van der Waals surface area contributed by atoms with Crippen LogP contribution in [-0.2, 0) is 34.0 Å². The summed E-state index contributed by atoms with van der Waals surface area (Å²) in [4.78, 5) is 41.3. The molecule has 7 nitrogen and oxygen atoms in total. The molecule has 9 heteroatoms. The summed E-state index contributed by atoms with van der Waals surface area (Å²) in [5.41, 5.74) is 2.24. The van der Waals surface area contributed by atoms with Gasteiger partial charge in [0, 0.05) is 6.54 Å². The Hall–Kier alpha value is -3.55. The molecule has 1 aliphatic heterocycles. The Morgan fingerprint density at radius 1 is 0.800 bits per heavy atom. The second-order valence-corrected chi connectivity index (χ2v) is 8.75. The molecule has 3 amide bonds. The molecule has 0 bridgehead atoms. The third kappa shape index (κ3) is 6.12. The molecular weight excluding hydrogens is 491 g/mol. The number of benzene rings is 3. The maximum absolute atomic E-state index is 13.2. The molecule has 1 aliphatic rings. The molecule has 1 fully saturated rings. The lowest BCUT2D eigenvalue weighted by Crippen LogP contribution is -2.44. The number of imide groups is 1. The molecule has 3 aromatic rings. The zero-order chi connectivity index (χ0) is 24.8. The van der Waals surface area contributed by atoms with Crippen molar-refractivity contribution in [2.75, 3.05) is 6.54 Å². The second kappa shape index (κ2) is 11.3. The third-order valence-corrected chi connectivity index (χ3v) is 6.18. The number of carbonyl (C=O) groups is 3. The minimum Gasteiger partial charge on any atom is -0.459 e. The number of rotatable bonds is 7. The van der Waals surface area contributed by atoms with E-state index < -0.39 is 24.1 Å². The van der Waals surface area contributed by atoms with Crippen LogP contribution in [0.2, 0.25) is 10.0 Å². The lowest BCUT2D eigenvalue weighted by molar-refractivity contribution is -0.149. The molecule has 1 heterocycles. The van der Waals surface area contributed by atoms with Crippen LogP contribution in [0, 0.1) is 0 Å². The molecule has 0 N–H and O–H groups in total. The molecule has 0 saturated carbocycles. The topological polar surface area (TPSA) is 76.2 Å². The number of ether oxygens (including phenoxy) is 2. The van der Waals surface area contributed by atoms with Gasteiger partial charge in [-0.15, -0.1) is 0 Å². The number of esters is 1. The number of urea groups is 1. The molecule has 35 heavy (non-hydrogen) atoms. The minimum atomic E-state index is -1.16. The van der Waals surface area contributed by atoms with Crippen LogP contribution >= 0.6 is 23.2 Å². The van der Waals surface area contributed by atoms with E-state index in [0.717, 1.165) is 16.0 Å². The Morgan fingerprint density at radius 3 is 2.00 bits per heavy atom. The summed E-state index contributed by atoms with van der Waals surface area (Å²) in [6.45, 7) is 0.0554. The van der Waals surface area contributed by atoms with E-state index >= 15 is 0 Å². The lowest BCUT2D eigenvalue weighted by atomic mass is 10.2. The van der Waals surface area contributed by atoms with Crippen LogP contribution in [0.25, 0.3) is 0 Å². The molecule has 0 aromatic heterocycles. The van der Waals surface area contributed by atoms with Crippen molar-refractivity contribution in [2.24, 2.45) is 0 Å². The van der Waals surface area contributed by atoms with Crippen LogP contribution < -0.4 is 0 Å². The van der Waals surface area contributed by atoms with Crippen molar-refractivity contribution in [1.82, 2.24) is 9.80 Å². The molecule has 0 radical (unpaired) electrons. The first-order chi connectivity index (χ1) is 16.9. The van der Waals surface area contributed by atoms with Gasteiger partial charge in [-0.05, 0) is 28.8 Å². The van der Waals surface area contributed by atoms with Crippen molar-refractivity contribution in [3.05, 3.63) is 106 Å². The highest BCUT2D eigenvalue weighted by molar-refractivity contribution is 6.42. The van der Waals surface area contributed by atoms with Crippen molar-refractivity contribution in [1.29, 1.82) is 0 Å². The Kier molecular flexibility index (Phi) is 7.90. The highest BCUT2D eigenvalue weighted by Gasteiger charge is 2.47. The van der Waals surface area contributed by atoms with E-state index in [9.17, 15) is 14.4 Å². The number of carbonyl (C=O) groups excluding carboxylic acids is 3. The van der Waals surface area contributed by atoms with Gasteiger partial charge < -0.3 is 14.4 Å². The van der Waals surface area contributed by atoms with E-state index in [2.05, 4.69) is 0 Å². The highest BCUT2D eigenvalue weighted by Crippen LogP contribution is 2.26. The minimum absolute atomic E-state index is 0.0179. The summed E-state index contributed by atoms with van der Waals surface area (Å²) in [6.07, 6.45) is -0.919. The van der Waals surface area contributed by atoms with Gasteiger partial charge in [0.25, 0.3) is 0 Å². The fourth-order valence-electron chi connectivity index (χ4n) is 3.64. The molecule has 1 atom stereocenters. The Morgan fingerprint density at radius 2 is 1.40 bits per heavy atom. The van der Waals surface area contributed by atoms with E-state index in [1.807, 2.05) is 48.5 Å². The van der Waals surface area contributed by atoms with Crippen LogP contribution in [0.5, 0.6) is 0 Å². The van der Waals surface area contributed by atoms with Gasteiger partial charge >= 0.3 is 18.1 Å². The molecule has 0 spiro atoms. The van der Waals surface area contributed by atoms with Crippen LogP contribution in [0.15, 0.2) is 78.9 Å². The number of halogens is 2. The summed E-state index contributed by atoms with van der Waals surface area (Å²) in [7, 11) is 0. The van der Waals surface area contributed by atoms with Crippen molar-refractivity contribution < 1.29 is 23.9 Å². The average Bonchev–Trinajstić information content (AvgIpc) is 3.20. The highest BCUT2D eigenvalue weighted by atomic mass is 35.5. The first kappa shape index (κ1) is 24.6. The number of amides is 3. The van der Waals surface area contributed by atoms with Crippen molar-refractivity contribution in [2.45, 2.75) is 25.8 Å². The summed E-state index contributed by atoms with van der Waals surface area (Å²) < 4.78 is 10.8. The van der Waals surface area contributed by atoms with Crippen LogP contribution in [0.3, 0.4) is 0 Å². The van der Waals surface area contributed by atoms with Gasteiger partial charge in [-0.3, -0.25) is 0 Å². The zero-order valence-corrected chi connectivity index (χ0v) is 20.1. The first-order valence-electron chi connectivity index (χ1n) is 10.9. The second-order valence-electron chi connectivity index (χ2n) is 7.93. The van der Waals surface area contributed by atoms with Crippen LogP contribution in [-0.4, -0.2) is 40.5 Å².